The minimum Gasteiger partial charge on any atom is -0.493 e. The lowest BCUT2D eigenvalue weighted by molar-refractivity contribution is 0.188. The van der Waals surface area contributed by atoms with Crippen molar-refractivity contribution in [2.75, 3.05) is 27.2 Å². The second kappa shape index (κ2) is 7.51. The summed E-state index contributed by atoms with van der Waals surface area (Å²) in [6, 6.07) is 7.35. The Bertz CT molecular complexity index is 409. The van der Waals surface area contributed by atoms with Gasteiger partial charge in [0.25, 0.3) is 0 Å². The zero-order valence-electron chi connectivity index (χ0n) is 12.0. The van der Waals surface area contributed by atoms with E-state index in [-0.39, 0.29) is 12.1 Å². The number of carbonyl (C=O) groups is 1. The Morgan fingerprint density at radius 3 is 2.58 bits per heavy atom. The molecule has 0 saturated carbocycles. The summed E-state index contributed by atoms with van der Waals surface area (Å²) in [5, 5.41) is 2.81. The number of ether oxygens (including phenoxy) is 2. The molecule has 0 aliphatic heterocycles. The highest BCUT2D eigenvalue weighted by Gasteiger charge is 2.11. The summed E-state index contributed by atoms with van der Waals surface area (Å²) >= 11 is 0. The van der Waals surface area contributed by atoms with Crippen molar-refractivity contribution in [3.05, 3.63) is 24.3 Å². The molecule has 19 heavy (non-hydrogen) atoms. The highest BCUT2D eigenvalue weighted by atomic mass is 16.5. The van der Waals surface area contributed by atoms with Crippen LogP contribution < -0.4 is 14.8 Å². The molecule has 0 fully saturated rings. The number of amides is 2. The van der Waals surface area contributed by atoms with Gasteiger partial charge in [0.15, 0.2) is 11.5 Å². The first-order valence-corrected chi connectivity index (χ1v) is 6.37. The number of nitrogens with zero attached hydrogens (tertiary/aromatic N) is 1. The van der Waals surface area contributed by atoms with Crippen molar-refractivity contribution < 1.29 is 14.3 Å². The summed E-state index contributed by atoms with van der Waals surface area (Å²) in [6.45, 7) is 4.95. The maximum Gasteiger partial charge on any atom is 0.317 e. The highest BCUT2D eigenvalue weighted by Crippen LogP contribution is 2.26. The Kier molecular flexibility index (Phi) is 5.99. The molecule has 106 valence electrons. The summed E-state index contributed by atoms with van der Waals surface area (Å²) in [4.78, 5) is 13.2. The molecule has 1 N–H and O–H groups in total. The SMILES string of the molecule is CCN(C)C(=O)NC[C@H](C)Oc1ccccc1OC. The average molecular weight is 266 g/mol. The van der Waals surface area contributed by atoms with Gasteiger partial charge in [0.05, 0.1) is 13.7 Å². The van der Waals surface area contributed by atoms with E-state index in [1.807, 2.05) is 38.1 Å². The number of carbonyl (C=O) groups excluding carboxylic acids is 1. The van der Waals surface area contributed by atoms with Gasteiger partial charge < -0.3 is 19.7 Å². The maximum atomic E-state index is 11.6. The largest absolute Gasteiger partial charge is 0.493 e. The van der Waals surface area contributed by atoms with Crippen LogP contribution in [0.1, 0.15) is 13.8 Å². The van der Waals surface area contributed by atoms with Crippen LogP contribution in [-0.4, -0.2) is 44.3 Å². The monoisotopic (exact) mass is 266 g/mol. The molecule has 0 aliphatic rings. The van der Waals surface area contributed by atoms with E-state index in [0.717, 1.165) is 0 Å². The zero-order valence-corrected chi connectivity index (χ0v) is 12.0. The fourth-order valence-corrected chi connectivity index (χ4v) is 1.48. The first-order valence-electron chi connectivity index (χ1n) is 6.37. The maximum absolute atomic E-state index is 11.6. The molecule has 5 nitrogen and oxygen atoms in total. The van der Waals surface area contributed by atoms with E-state index in [0.29, 0.717) is 24.6 Å². The van der Waals surface area contributed by atoms with Crippen LogP contribution in [0.25, 0.3) is 0 Å². The van der Waals surface area contributed by atoms with E-state index in [1.165, 1.54) is 0 Å². The van der Waals surface area contributed by atoms with E-state index in [2.05, 4.69) is 5.32 Å². The Balaban J connectivity index is 2.47. The third kappa shape index (κ3) is 4.69. The number of nitrogens with one attached hydrogen (secondary N) is 1. The molecule has 0 aliphatic carbocycles. The molecule has 0 bridgehead atoms. The third-order valence-electron chi connectivity index (χ3n) is 2.76. The van der Waals surface area contributed by atoms with E-state index >= 15 is 0 Å². The first kappa shape index (κ1) is 15.1. The van der Waals surface area contributed by atoms with Crippen molar-refractivity contribution in [2.45, 2.75) is 20.0 Å². The van der Waals surface area contributed by atoms with Crippen LogP contribution in [0.4, 0.5) is 4.79 Å². The van der Waals surface area contributed by atoms with Gasteiger partial charge in [-0.15, -0.1) is 0 Å². The molecule has 0 saturated heterocycles. The van der Waals surface area contributed by atoms with Gasteiger partial charge in [0.2, 0.25) is 0 Å². The van der Waals surface area contributed by atoms with Gasteiger partial charge in [-0.3, -0.25) is 0 Å². The smallest absolute Gasteiger partial charge is 0.317 e. The fraction of sp³-hybridized carbons (Fsp3) is 0.500. The van der Waals surface area contributed by atoms with Crippen LogP contribution in [0.2, 0.25) is 0 Å². The minimum absolute atomic E-state index is 0.0991. The lowest BCUT2D eigenvalue weighted by Crippen LogP contribution is -2.41. The average Bonchev–Trinajstić information content (AvgIpc) is 2.44. The standard InChI is InChI=1S/C14H22N2O3/c1-5-16(3)14(17)15-10-11(2)19-13-9-7-6-8-12(13)18-4/h6-9,11H,5,10H2,1-4H3,(H,15,17)/t11-/m0/s1. The van der Waals surface area contributed by atoms with Gasteiger partial charge in [-0.1, -0.05) is 12.1 Å². The quantitative estimate of drug-likeness (QED) is 0.858. The van der Waals surface area contributed by atoms with Crippen molar-refractivity contribution in [1.29, 1.82) is 0 Å². The Hall–Kier alpha value is -1.91. The van der Waals surface area contributed by atoms with Crippen LogP contribution in [-0.2, 0) is 0 Å². The molecule has 1 atom stereocenters. The molecule has 5 heteroatoms. The summed E-state index contributed by atoms with van der Waals surface area (Å²) in [5.74, 6) is 1.36. The minimum atomic E-state index is -0.134. The van der Waals surface area contributed by atoms with Crippen LogP contribution in [0, 0.1) is 0 Å². The van der Waals surface area contributed by atoms with Crippen molar-refractivity contribution in [3.63, 3.8) is 0 Å². The van der Waals surface area contributed by atoms with Gasteiger partial charge in [-0.05, 0) is 26.0 Å². The van der Waals surface area contributed by atoms with Crippen molar-refractivity contribution >= 4 is 6.03 Å². The Morgan fingerprint density at radius 2 is 2.00 bits per heavy atom. The zero-order chi connectivity index (χ0) is 14.3. The Labute approximate surface area is 114 Å². The number of hydrogen-bond donors (Lipinski definition) is 1. The summed E-state index contributed by atoms with van der Waals surface area (Å²) < 4.78 is 10.9. The number of urea groups is 1. The van der Waals surface area contributed by atoms with Crippen LogP contribution in [0.15, 0.2) is 24.3 Å². The topological polar surface area (TPSA) is 50.8 Å². The molecule has 1 aromatic rings. The molecule has 0 heterocycles. The second-order valence-electron chi connectivity index (χ2n) is 4.28. The molecule has 1 aromatic carbocycles. The normalized spacial score (nSPS) is 11.6. The van der Waals surface area contributed by atoms with Crippen LogP contribution in [0.5, 0.6) is 11.5 Å². The lowest BCUT2D eigenvalue weighted by atomic mass is 10.3. The van der Waals surface area contributed by atoms with E-state index in [1.54, 1.807) is 19.1 Å². The molecule has 0 radical (unpaired) electrons. The Morgan fingerprint density at radius 1 is 1.37 bits per heavy atom. The predicted molar refractivity (Wildman–Crippen MR) is 74.8 cm³/mol. The van der Waals surface area contributed by atoms with Gasteiger partial charge in [-0.25, -0.2) is 4.79 Å². The molecule has 1 rings (SSSR count). The van der Waals surface area contributed by atoms with Gasteiger partial charge >= 0.3 is 6.03 Å². The number of para-hydroxylation sites is 2. The van der Waals surface area contributed by atoms with Crippen molar-refractivity contribution in [1.82, 2.24) is 10.2 Å². The molecular weight excluding hydrogens is 244 g/mol. The molecular formula is C14H22N2O3. The second-order valence-corrected chi connectivity index (χ2v) is 4.28. The highest BCUT2D eigenvalue weighted by molar-refractivity contribution is 5.73. The van der Waals surface area contributed by atoms with Gasteiger partial charge in [-0.2, -0.15) is 0 Å². The number of rotatable bonds is 6. The van der Waals surface area contributed by atoms with Gasteiger partial charge in [0.1, 0.15) is 6.10 Å². The molecule has 0 spiro atoms. The lowest BCUT2D eigenvalue weighted by Gasteiger charge is -2.20. The van der Waals surface area contributed by atoms with E-state index < -0.39 is 0 Å². The van der Waals surface area contributed by atoms with Crippen molar-refractivity contribution in [3.8, 4) is 11.5 Å². The molecule has 0 aromatic heterocycles. The first-order chi connectivity index (χ1) is 9.08. The van der Waals surface area contributed by atoms with Crippen LogP contribution in [0.3, 0.4) is 0 Å². The van der Waals surface area contributed by atoms with E-state index in [9.17, 15) is 4.79 Å². The predicted octanol–water partition coefficient (Wildman–Crippen LogP) is 2.12. The number of hydrogen-bond acceptors (Lipinski definition) is 3. The number of benzene rings is 1. The number of methoxy groups -OCH3 is 1. The summed E-state index contributed by atoms with van der Waals surface area (Å²) in [7, 11) is 3.35. The van der Waals surface area contributed by atoms with E-state index in [4.69, 9.17) is 9.47 Å². The summed E-state index contributed by atoms with van der Waals surface area (Å²) in [5.41, 5.74) is 0. The third-order valence-corrected chi connectivity index (χ3v) is 2.76. The molecule has 2 amide bonds. The molecule has 0 unspecified atom stereocenters. The van der Waals surface area contributed by atoms with Crippen molar-refractivity contribution in [2.24, 2.45) is 0 Å². The van der Waals surface area contributed by atoms with Crippen LogP contribution >= 0.6 is 0 Å². The van der Waals surface area contributed by atoms with Gasteiger partial charge in [0, 0.05) is 13.6 Å². The summed E-state index contributed by atoms with van der Waals surface area (Å²) in [6.07, 6.45) is -0.134. The fourth-order valence-electron chi connectivity index (χ4n) is 1.48.